The lowest BCUT2D eigenvalue weighted by Gasteiger charge is -2.28. The van der Waals surface area contributed by atoms with E-state index in [1.165, 1.54) is 37.1 Å². The van der Waals surface area contributed by atoms with E-state index in [9.17, 15) is 4.79 Å². The zero-order valence-corrected chi connectivity index (χ0v) is 15.7. The molecule has 4 N–H and O–H groups in total. The Balaban J connectivity index is 1.32. The molecule has 4 nitrogen and oxygen atoms in total. The molecule has 0 bridgehead atoms. The Hall–Kier alpha value is -2.17. The van der Waals surface area contributed by atoms with Gasteiger partial charge in [0.1, 0.15) is 6.54 Å². The highest BCUT2D eigenvalue weighted by Gasteiger charge is 2.24. The molecule has 0 aliphatic carbocycles. The molecule has 26 heavy (non-hydrogen) atoms. The summed E-state index contributed by atoms with van der Waals surface area (Å²) < 4.78 is 0. The molecule has 0 saturated carbocycles. The van der Waals surface area contributed by atoms with Gasteiger partial charge >= 0.3 is 0 Å². The molecule has 1 saturated heterocycles. The Morgan fingerprint density at radius 3 is 2.42 bits per heavy atom. The molecular formula is C22H31N3O+2. The first kappa shape index (κ1) is 18.6. The number of aryl methyl sites for hydroxylation is 1. The number of nitrogens with two attached hydrogens (primary N) is 1. The summed E-state index contributed by atoms with van der Waals surface area (Å²) in [5.41, 5.74) is 3.82. The molecular weight excluding hydrogens is 322 g/mol. The molecule has 1 fully saturated rings. The Morgan fingerprint density at radius 2 is 1.73 bits per heavy atom. The Morgan fingerprint density at radius 1 is 1.04 bits per heavy atom. The largest absolute Gasteiger partial charge is 0.347 e. The monoisotopic (exact) mass is 353 g/mol. The van der Waals surface area contributed by atoms with Gasteiger partial charge in [0.2, 0.25) is 0 Å². The molecule has 4 heteroatoms. The van der Waals surface area contributed by atoms with Crippen LogP contribution in [-0.4, -0.2) is 31.6 Å². The summed E-state index contributed by atoms with van der Waals surface area (Å²) in [6, 6.07) is 19.6. The van der Waals surface area contributed by atoms with Gasteiger partial charge in [0, 0.05) is 24.9 Å². The van der Waals surface area contributed by atoms with Crippen molar-refractivity contribution < 1.29 is 15.0 Å². The lowest BCUT2D eigenvalue weighted by Crippen LogP contribution is -3.13. The standard InChI is InChI=1S/C22H29N3O/c1-18-7-9-19(10-8-18)15-24-22(26)16-23-21-11-13-25(14-12-21)17-20-5-3-2-4-6-20/h2-10,21,23H,11-17H2,1H3,(H,24,26)/p+2. The summed E-state index contributed by atoms with van der Waals surface area (Å²) in [6.07, 6.45) is 2.38. The highest BCUT2D eigenvalue weighted by Crippen LogP contribution is 2.02. The zero-order valence-electron chi connectivity index (χ0n) is 15.7. The summed E-state index contributed by atoms with van der Waals surface area (Å²) in [4.78, 5) is 13.7. The molecule has 1 aliphatic heterocycles. The minimum Gasteiger partial charge on any atom is -0.347 e. The van der Waals surface area contributed by atoms with Crippen LogP contribution in [0.15, 0.2) is 54.6 Å². The van der Waals surface area contributed by atoms with E-state index in [1.54, 1.807) is 4.90 Å². The van der Waals surface area contributed by atoms with Crippen molar-refractivity contribution in [2.45, 2.75) is 38.9 Å². The van der Waals surface area contributed by atoms with Crippen molar-refractivity contribution in [3.05, 3.63) is 71.3 Å². The molecule has 1 heterocycles. The summed E-state index contributed by atoms with van der Waals surface area (Å²) in [5.74, 6) is 0.129. The highest BCUT2D eigenvalue weighted by molar-refractivity contribution is 5.76. The van der Waals surface area contributed by atoms with Crippen LogP contribution in [0.4, 0.5) is 0 Å². The number of hydrogen-bond donors (Lipinski definition) is 3. The second-order valence-corrected chi connectivity index (χ2v) is 7.45. The van der Waals surface area contributed by atoms with Crippen LogP contribution in [0.5, 0.6) is 0 Å². The lowest BCUT2D eigenvalue weighted by molar-refractivity contribution is -0.925. The van der Waals surface area contributed by atoms with Gasteiger partial charge in [0.15, 0.2) is 6.54 Å². The lowest BCUT2D eigenvalue weighted by atomic mass is 10.0. The Bertz CT molecular complexity index is 676. The number of likely N-dealkylation sites (tertiary alicyclic amines) is 1. The number of benzene rings is 2. The third-order valence-electron chi connectivity index (χ3n) is 5.28. The molecule has 2 aromatic rings. The SMILES string of the molecule is Cc1ccc(CNC(=O)C[NH2+]C2CC[NH+](Cc3ccccc3)CC2)cc1. The van der Waals surface area contributed by atoms with Crippen molar-refractivity contribution in [1.82, 2.24) is 5.32 Å². The summed E-state index contributed by atoms with van der Waals surface area (Å²) >= 11 is 0. The zero-order chi connectivity index (χ0) is 18.2. The van der Waals surface area contributed by atoms with Crippen molar-refractivity contribution in [2.75, 3.05) is 19.6 Å². The molecule has 0 aromatic heterocycles. The smallest absolute Gasteiger partial charge is 0.275 e. The quantitative estimate of drug-likeness (QED) is 0.664. The second-order valence-electron chi connectivity index (χ2n) is 7.45. The van der Waals surface area contributed by atoms with Gasteiger partial charge in [-0.3, -0.25) is 4.79 Å². The van der Waals surface area contributed by atoms with Crippen LogP contribution in [-0.2, 0) is 17.9 Å². The van der Waals surface area contributed by atoms with E-state index in [0.29, 0.717) is 19.1 Å². The predicted octanol–water partition coefficient (Wildman–Crippen LogP) is 0.422. The normalized spacial score (nSPS) is 19.9. The van der Waals surface area contributed by atoms with Crippen molar-refractivity contribution >= 4 is 5.91 Å². The maximum Gasteiger partial charge on any atom is 0.275 e. The number of quaternary nitrogens is 2. The van der Waals surface area contributed by atoms with Gasteiger partial charge in [-0.05, 0) is 12.5 Å². The van der Waals surface area contributed by atoms with Gasteiger partial charge in [-0.15, -0.1) is 0 Å². The number of rotatable bonds is 7. The molecule has 3 rings (SSSR count). The molecule has 2 aromatic carbocycles. The Kier molecular flexibility index (Phi) is 6.81. The number of nitrogens with one attached hydrogen (secondary N) is 2. The van der Waals surface area contributed by atoms with Crippen LogP contribution in [0.25, 0.3) is 0 Å². The summed E-state index contributed by atoms with van der Waals surface area (Å²) in [7, 11) is 0. The minimum atomic E-state index is 0.129. The predicted molar refractivity (Wildman–Crippen MR) is 104 cm³/mol. The van der Waals surface area contributed by atoms with Crippen molar-refractivity contribution in [2.24, 2.45) is 0 Å². The van der Waals surface area contributed by atoms with Crippen LogP contribution < -0.4 is 15.5 Å². The molecule has 0 unspecified atom stereocenters. The fourth-order valence-electron chi connectivity index (χ4n) is 3.60. The maximum atomic E-state index is 12.1. The van der Waals surface area contributed by atoms with Gasteiger partial charge < -0.3 is 15.5 Å². The number of carbonyl (C=O) groups excluding carboxylic acids is 1. The fraction of sp³-hybridized carbons (Fsp3) is 0.409. The van der Waals surface area contributed by atoms with Crippen molar-refractivity contribution in [3.63, 3.8) is 0 Å². The molecule has 1 amide bonds. The maximum absolute atomic E-state index is 12.1. The van der Waals surface area contributed by atoms with E-state index in [-0.39, 0.29) is 5.91 Å². The van der Waals surface area contributed by atoms with Gasteiger partial charge in [-0.2, -0.15) is 0 Å². The highest BCUT2D eigenvalue weighted by atomic mass is 16.1. The van der Waals surface area contributed by atoms with Gasteiger partial charge in [-0.1, -0.05) is 60.2 Å². The van der Waals surface area contributed by atoms with Crippen LogP contribution in [0.2, 0.25) is 0 Å². The van der Waals surface area contributed by atoms with Gasteiger partial charge in [0.25, 0.3) is 5.91 Å². The number of amides is 1. The van der Waals surface area contributed by atoms with Crippen LogP contribution in [0.1, 0.15) is 29.5 Å². The average Bonchev–Trinajstić information content (AvgIpc) is 2.68. The van der Waals surface area contributed by atoms with E-state index in [2.05, 4.69) is 72.2 Å². The molecule has 138 valence electrons. The third-order valence-corrected chi connectivity index (χ3v) is 5.28. The van der Waals surface area contributed by atoms with Gasteiger partial charge in [-0.25, -0.2) is 0 Å². The van der Waals surface area contributed by atoms with Crippen LogP contribution in [0.3, 0.4) is 0 Å². The van der Waals surface area contributed by atoms with Gasteiger partial charge in [0.05, 0.1) is 19.1 Å². The van der Waals surface area contributed by atoms with E-state index in [1.807, 2.05) is 0 Å². The van der Waals surface area contributed by atoms with E-state index in [4.69, 9.17) is 0 Å². The average molecular weight is 354 g/mol. The number of carbonyl (C=O) groups is 1. The van der Waals surface area contributed by atoms with Crippen molar-refractivity contribution in [3.8, 4) is 0 Å². The first-order chi connectivity index (χ1) is 12.7. The molecule has 1 aliphatic rings. The first-order valence-corrected chi connectivity index (χ1v) is 9.72. The molecule has 0 spiro atoms. The summed E-state index contributed by atoms with van der Waals surface area (Å²) in [5, 5.41) is 5.25. The number of piperidine rings is 1. The Labute approximate surface area is 156 Å². The van der Waals surface area contributed by atoms with E-state index >= 15 is 0 Å². The van der Waals surface area contributed by atoms with Crippen LogP contribution >= 0.6 is 0 Å². The third kappa shape index (κ3) is 5.97. The molecule has 0 radical (unpaired) electrons. The van der Waals surface area contributed by atoms with E-state index < -0.39 is 0 Å². The number of hydrogen-bond acceptors (Lipinski definition) is 1. The minimum absolute atomic E-state index is 0.129. The summed E-state index contributed by atoms with van der Waals surface area (Å²) in [6.45, 7) is 6.73. The topological polar surface area (TPSA) is 50.1 Å². The van der Waals surface area contributed by atoms with Crippen LogP contribution in [0, 0.1) is 6.92 Å². The van der Waals surface area contributed by atoms with E-state index in [0.717, 1.165) is 12.1 Å². The first-order valence-electron chi connectivity index (χ1n) is 9.72. The second kappa shape index (κ2) is 9.51. The van der Waals surface area contributed by atoms with Crippen molar-refractivity contribution in [1.29, 1.82) is 0 Å². The molecule has 0 atom stereocenters. The fourth-order valence-corrected chi connectivity index (χ4v) is 3.60.